The Morgan fingerprint density at radius 3 is 3.08 bits per heavy atom. The number of halogens is 1. The largest absolute Gasteiger partial charge is 0.364 e. The fourth-order valence-electron chi connectivity index (χ4n) is 3.33. The van der Waals surface area contributed by atoms with Crippen LogP contribution in [0.3, 0.4) is 0 Å². The number of hydrogen-bond acceptors (Lipinski definition) is 3. The number of aromatic amines is 1. The van der Waals surface area contributed by atoms with Crippen molar-refractivity contribution in [2.24, 2.45) is 7.05 Å². The van der Waals surface area contributed by atoms with Crippen molar-refractivity contribution >= 4 is 5.91 Å². The molecule has 0 unspecified atom stereocenters. The minimum absolute atomic E-state index is 0.00757. The maximum absolute atomic E-state index is 13.9. The molecule has 1 fully saturated rings. The van der Waals surface area contributed by atoms with Gasteiger partial charge in [-0.25, -0.2) is 4.39 Å². The summed E-state index contributed by atoms with van der Waals surface area (Å²) in [6, 6.07) is 1.79. The number of alkyl halides is 1. The van der Waals surface area contributed by atoms with Crippen LogP contribution >= 0.6 is 0 Å². The molecule has 0 saturated carbocycles. The summed E-state index contributed by atoms with van der Waals surface area (Å²) < 4.78 is 15.6. The standard InChI is InChI=1S/C17H24FN5O/c1-3-16-15(4-5-19-16)17(24)20-8-14-6-13(18)11-23(14)10-12-7-21-22(2)9-12/h4-5,7,9,13-14,19H,3,6,8,10-11H2,1-2H3,(H,20,24)/t13-,14-/m0/s1. The number of nitrogens with one attached hydrogen (secondary N) is 2. The molecule has 1 amide bonds. The van der Waals surface area contributed by atoms with Gasteiger partial charge in [-0.2, -0.15) is 5.10 Å². The first-order valence-corrected chi connectivity index (χ1v) is 8.37. The lowest BCUT2D eigenvalue weighted by atomic mass is 10.1. The van der Waals surface area contributed by atoms with E-state index in [9.17, 15) is 9.18 Å². The maximum atomic E-state index is 13.9. The van der Waals surface area contributed by atoms with Gasteiger partial charge in [0, 0.05) is 56.4 Å². The van der Waals surface area contributed by atoms with E-state index in [1.165, 1.54) is 0 Å². The highest BCUT2D eigenvalue weighted by Gasteiger charge is 2.32. The van der Waals surface area contributed by atoms with Crippen LogP contribution in [0.5, 0.6) is 0 Å². The van der Waals surface area contributed by atoms with E-state index in [2.05, 4.69) is 20.3 Å². The molecule has 1 aliphatic heterocycles. The highest BCUT2D eigenvalue weighted by Crippen LogP contribution is 2.22. The summed E-state index contributed by atoms with van der Waals surface area (Å²) in [5.41, 5.74) is 2.66. The Balaban J connectivity index is 1.59. The number of carbonyl (C=O) groups excluding carboxylic acids is 1. The quantitative estimate of drug-likeness (QED) is 0.845. The molecule has 0 aliphatic carbocycles. The van der Waals surface area contributed by atoms with Crippen LogP contribution in [-0.2, 0) is 20.0 Å². The first-order valence-electron chi connectivity index (χ1n) is 8.37. The van der Waals surface area contributed by atoms with E-state index < -0.39 is 6.17 Å². The summed E-state index contributed by atoms with van der Waals surface area (Å²) in [6.45, 7) is 3.51. The van der Waals surface area contributed by atoms with Crippen LogP contribution in [0.4, 0.5) is 4.39 Å². The zero-order valence-electron chi connectivity index (χ0n) is 14.1. The molecular weight excluding hydrogens is 309 g/mol. The van der Waals surface area contributed by atoms with Gasteiger partial charge in [-0.1, -0.05) is 6.92 Å². The molecule has 2 aromatic heterocycles. The van der Waals surface area contributed by atoms with Gasteiger partial charge < -0.3 is 10.3 Å². The fourth-order valence-corrected chi connectivity index (χ4v) is 3.33. The van der Waals surface area contributed by atoms with Crippen LogP contribution in [0, 0.1) is 0 Å². The summed E-state index contributed by atoms with van der Waals surface area (Å²) >= 11 is 0. The van der Waals surface area contributed by atoms with E-state index >= 15 is 0 Å². The Labute approximate surface area is 141 Å². The van der Waals surface area contributed by atoms with E-state index in [-0.39, 0.29) is 11.9 Å². The maximum Gasteiger partial charge on any atom is 0.253 e. The summed E-state index contributed by atoms with van der Waals surface area (Å²) in [5, 5.41) is 7.11. The SMILES string of the molecule is CCc1[nH]ccc1C(=O)NC[C@@H]1C[C@H](F)CN1Cc1cnn(C)c1. The van der Waals surface area contributed by atoms with Gasteiger partial charge in [0.15, 0.2) is 0 Å². The van der Waals surface area contributed by atoms with E-state index in [4.69, 9.17) is 0 Å². The summed E-state index contributed by atoms with van der Waals surface area (Å²) in [5.74, 6) is -0.100. The lowest BCUT2D eigenvalue weighted by Gasteiger charge is -2.23. The average molecular weight is 333 g/mol. The van der Waals surface area contributed by atoms with Crippen molar-refractivity contribution in [3.63, 3.8) is 0 Å². The van der Waals surface area contributed by atoms with E-state index in [0.29, 0.717) is 31.6 Å². The van der Waals surface area contributed by atoms with Gasteiger partial charge >= 0.3 is 0 Å². The first kappa shape index (κ1) is 16.7. The van der Waals surface area contributed by atoms with Crippen LogP contribution in [0.25, 0.3) is 0 Å². The minimum atomic E-state index is -0.845. The molecule has 1 saturated heterocycles. The van der Waals surface area contributed by atoms with E-state index in [1.807, 2.05) is 20.2 Å². The molecule has 2 aromatic rings. The van der Waals surface area contributed by atoms with Crippen molar-refractivity contribution in [3.8, 4) is 0 Å². The van der Waals surface area contributed by atoms with Gasteiger partial charge in [0.1, 0.15) is 6.17 Å². The Hall–Kier alpha value is -2.15. The summed E-state index contributed by atoms with van der Waals surface area (Å²) in [4.78, 5) is 17.5. The molecule has 3 heterocycles. The Morgan fingerprint density at radius 1 is 1.54 bits per heavy atom. The van der Waals surface area contributed by atoms with Gasteiger partial charge in [0.2, 0.25) is 0 Å². The second kappa shape index (κ2) is 7.17. The number of hydrogen-bond donors (Lipinski definition) is 2. The van der Waals surface area contributed by atoms with Crippen LogP contribution in [-0.4, -0.2) is 50.9 Å². The molecule has 7 heteroatoms. The topological polar surface area (TPSA) is 66.0 Å². The number of rotatable bonds is 6. The zero-order chi connectivity index (χ0) is 17.1. The number of likely N-dealkylation sites (tertiary alicyclic amines) is 1. The third kappa shape index (κ3) is 3.67. The van der Waals surface area contributed by atoms with Crippen LogP contribution in [0.15, 0.2) is 24.7 Å². The van der Waals surface area contributed by atoms with Crippen LogP contribution < -0.4 is 5.32 Å². The zero-order valence-corrected chi connectivity index (χ0v) is 14.1. The van der Waals surface area contributed by atoms with Crippen molar-refractivity contribution in [1.82, 2.24) is 25.0 Å². The van der Waals surface area contributed by atoms with Crippen molar-refractivity contribution in [3.05, 3.63) is 41.5 Å². The number of nitrogens with zero attached hydrogens (tertiary/aromatic N) is 3. The Bertz CT molecular complexity index is 695. The lowest BCUT2D eigenvalue weighted by Crippen LogP contribution is -2.39. The number of H-pyrrole nitrogens is 1. The second-order valence-electron chi connectivity index (χ2n) is 6.37. The third-order valence-corrected chi connectivity index (χ3v) is 4.55. The molecule has 0 aromatic carbocycles. The van der Waals surface area contributed by atoms with Gasteiger partial charge in [-0.15, -0.1) is 0 Å². The summed E-state index contributed by atoms with van der Waals surface area (Å²) in [6.07, 6.45) is 5.90. The number of carbonyl (C=O) groups is 1. The molecule has 0 radical (unpaired) electrons. The van der Waals surface area contributed by atoms with E-state index in [1.54, 1.807) is 23.1 Å². The van der Waals surface area contributed by atoms with Gasteiger partial charge in [0.05, 0.1) is 11.8 Å². The van der Waals surface area contributed by atoms with Crippen molar-refractivity contribution in [1.29, 1.82) is 0 Å². The lowest BCUT2D eigenvalue weighted by molar-refractivity contribution is 0.0939. The molecule has 2 atom stereocenters. The second-order valence-corrected chi connectivity index (χ2v) is 6.37. The number of amides is 1. The molecule has 0 bridgehead atoms. The fraction of sp³-hybridized carbons (Fsp3) is 0.529. The Kier molecular flexibility index (Phi) is 4.99. The number of aromatic nitrogens is 3. The molecule has 2 N–H and O–H groups in total. The highest BCUT2D eigenvalue weighted by atomic mass is 19.1. The first-order chi connectivity index (χ1) is 11.6. The molecule has 24 heavy (non-hydrogen) atoms. The molecular formula is C17H24FN5O. The molecule has 3 rings (SSSR count). The van der Waals surface area contributed by atoms with Crippen LogP contribution in [0.1, 0.15) is 35.0 Å². The molecule has 0 spiro atoms. The molecule has 1 aliphatic rings. The van der Waals surface area contributed by atoms with E-state index in [0.717, 1.165) is 17.7 Å². The van der Waals surface area contributed by atoms with Crippen molar-refractivity contribution < 1.29 is 9.18 Å². The number of aryl methyl sites for hydroxylation is 2. The van der Waals surface area contributed by atoms with Gasteiger partial charge in [0.25, 0.3) is 5.91 Å². The Morgan fingerprint density at radius 2 is 2.38 bits per heavy atom. The van der Waals surface area contributed by atoms with Gasteiger partial charge in [-0.05, 0) is 18.9 Å². The highest BCUT2D eigenvalue weighted by molar-refractivity contribution is 5.95. The van der Waals surface area contributed by atoms with Crippen LogP contribution in [0.2, 0.25) is 0 Å². The van der Waals surface area contributed by atoms with Crippen molar-refractivity contribution in [2.45, 2.75) is 38.5 Å². The summed E-state index contributed by atoms with van der Waals surface area (Å²) in [7, 11) is 1.87. The third-order valence-electron chi connectivity index (χ3n) is 4.55. The normalized spacial score (nSPS) is 21.3. The van der Waals surface area contributed by atoms with Crippen molar-refractivity contribution in [2.75, 3.05) is 13.1 Å². The molecule has 130 valence electrons. The molecule has 6 nitrogen and oxygen atoms in total. The van der Waals surface area contributed by atoms with Gasteiger partial charge in [-0.3, -0.25) is 14.4 Å². The minimum Gasteiger partial charge on any atom is -0.364 e. The predicted octanol–water partition coefficient (Wildman–Crippen LogP) is 1.65. The monoisotopic (exact) mass is 333 g/mol. The predicted molar refractivity (Wildman–Crippen MR) is 89.4 cm³/mol. The average Bonchev–Trinajstić information content (AvgIpc) is 3.25. The smallest absolute Gasteiger partial charge is 0.253 e.